The molecule has 1 N–H and O–H groups in total. The lowest BCUT2D eigenvalue weighted by atomic mass is 10.2. The Morgan fingerprint density at radius 1 is 1.40 bits per heavy atom. The number of carbonyl (C=O) groups is 1. The summed E-state index contributed by atoms with van der Waals surface area (Å²) < 4.78 is 12.9. The van der Waals surface area contributed by atoms with E-state index < -0.39 is 11.8 Å². The zero-order valence-electron chi connectivity index (χ0n) is 7.37. The van der Waals surface area contributed by atoms with Crippen LogP contribution in [0.5, 0.6) is 0 Å². The summed E-state index contributed by atoms with van der Waals surface area (Å²) in [6.07, 6.45) is 0. The van der Waals surface area contributed by atoms with E-state index in [2.05, 4.69) is 4.98 Å². The van der Waals surface area contributed by atoms with Crippen molar-refractivity contribution in [3.05, 3.63) is 40.8 Å². The van der Waals surface area contributed by atoms with Crippen molar-refractivity contribution in [2.75, 3.05) is 0 Å². The molecule has 2 rings (SSSR count). The van der Waals surface area contributed by atoms with Crippen molar-refractivity contribution in [2.45, 2.75) is 0 Å². The van der Waals surface area contributed by atoms with E-state index in [-0.39, 0.29) is 16.2 Å². The van der Waals surface area contributed by atoms with Gasteiger partial charge in [0, 0.05) is 5.39 Å². The second kappa shape index (κ2) is 3.47. The van der Waals surface area contributed by atoms with Crippen molar-refractivity contribution in [3.8, 4) is 0 Å². The standard InChI is InChI=1S/C10H5ClFNO2/c11-7-4-6(12)3-5-1-2-8(10(14)15)13-9(5)7/h1-4H,(H,14,15). The van der Waals surface area contributed by atoms with Crippen molar-refractivity contribution >= 4 is 28.5 Å². The first-order chi connectivity index (χ1) is 7.08. The normalized spacial score (nSPS) is 10.5. The third-order valence-corrected chi connectivity index (χ3v) is 2.22. The number of pyridine rings is 1. The fourth-order valence-corrected chi connectivity index (χ4v) is 1.53. The van der Waals surface area contributed by atoms with Gasteiger partial charge in [0.1, 0.15) is 11.5 Å². The van der Waals surface area contributed by atoms with Gasteiger partial charge in [0.15, 0.2) is 0 Å². The van der Waals surface area contributed by atoms with E-state index in [0.717, 1.165) is 6.07 Å². The minimum atomic E-state index is -1.14. The number of hydrogen-bond acceptors (Lipinski definition) is 2. The Morgan fingerprint density at radius 3 is 2.80 bits per heavy atom. The quantitative estimate of drug-likeness (QED) is 0.812. The molecule has 5 heteroatoms. The van der Waals surface area contributed by atoms with E-state index in [1.165, 1.54) is 18.2 Å². The summed E-state index contributed by atoms with van der Waals surface area (Å²) in [5, 5.41) is 9.29. The van der Waals surface area contributed by atoms with Crippen molar-refractivity contribution in [2.24, 2.45) is 0 Å². The molecule has 1 heterocycles. The highest BCUT2D eigenvalue weighted by molar-refractivity contribution is 6.35. The molecular formula is C10H5ClFNO2. The van der Waals surface area contributed by atoms with Crippen LogP contribution < -0.4 is 0 Å². The molecule has 2 aromatic rings. The Bertz CT molecular complexity index is 556. The summed E-state index contributed by atoms with van der Waals surface area (Å²) in [5.74, 6) is -1.62. The smallest absolute Gasteiger partial charge is 0.354 e. The van der Waals surface area contributed by atoms with E-state index >= 15 is 0 Å². The molecule has 0 saturated heterocycles. The van der Waals surface area contributed by atoms with Crippen LogP contribution in [0.1, 0.15) is 10.5 Å². The van der Waals surface area contributed by atoms with E-state index in [1.807, 2.05) is 0 Å². The lowest BCUT2D eigenvalue weighted by molar-refractivity contribution is 0.0691. The van der Waals surface area contributed by atoms with Crippen LogP contribution in [0.25, 0.3) is 10.9 Å². The molecule has 0 saturated carbocycles. The van der Waals surface area contributed by atoms with Crippen LogP contribution in [0.2, 0.25) is 5.02 Å². The molecule has 0 bridgehead atoms. The molecule has 76 valence electrons. The highest BCUT2D eigenvalue weighted by Gasteiger charge is 2.08. The number of aromatic nitrogens is 1. The Labute approximate surface area is 89.1 Å². The maximum Gasteiger partial charge on any atom is 0.354 e. The molecule has 15 heavy (non-hydrogen) atoms. The van der Waals surface area contributed by atoms with Gasteiger partial charge >= 0.3 is 5.97 Å². The number of fused-ring (bicyclic) bond motifs is 1. The zero-order valence-corrected chi connectivity index (χ0v) is 8.12. The Hall–Kier alpha value is -1.68. The van der Waals surface area contributed by atoms with Gasteiger partial charge in [0.2, 0.25) is 0 Å². The summed E-state index contributed by atoms with van der Waals surface area (Å²) in [5.41, 5.74) is 0.175. The van der Waals surface area contributed by atoms with E-state index in [0.29, 0.717) is 5.39 Å². The lowest BCUT2D eigenvalue weighted by Gasteiger charge is -2.01. The number of aromatic carboxylic acids is 1. The van der Waals surface area contributed by atoms with Gasteiger partial charge in [-0.15, -0.1) is 0 Å². The second-order valence-electron chi connectivity index (χ2n) is 2.96. The van der Waals surface area contributed by atoms with Crippen molar-refractivity contribution in [1.82, 2.24) is 4.98 Å². The van der Waals surface area contributed by atoms with Crippen LogP contribution in [0.3, 0.4) is 0 Å². The van der Waals surface area contributed by atoms with Crippen LogP contribution >= 0.6 is 11.6 Å². The number of carboxylic acid groups (broad SMARTS) is 1. The van der Waals surface area contributed by atoms with Crippen molar-refractivity contribution in [1.29, 1.82) is 0 Å². The minimum absolute atomic E-state index is 0.105. The summed E-state index contributed by atoms with van der Waals surface area (Å²) in [7, 11) is 0. The van der Waals surface area contributed by atoms with Crippen LogP contribution in [0.15, 0.2) is 24.3 Å². The Balaban J connectivity index is 2.76. The zero-order chi connectivity index (χ0) is 11.0. The average molecular weight is 226 g/mol. The molecule has 0 aliphatic heterocycles. The van der Waals surface area contributed by atoms with Gasteiger partial charge in [-0.3, -0.25) is 0 Å². The van der Waals surface area contributed by atoms with Gasteiger partial charge in [-0.2, -0.15) is 0 Å². The third kappa shape index (κ3) is 1.76. The highest BCUT2D eigenvalue weighted by Crippen LogP contribution is 2.23. The molecule has 0 unspecified atom stereocenters. The molecule has 1 aromatic heterocycles. The minimum Gasteiger partial charge on any atom is -0.477 e. The maximum absolute atomic E-state index is 12.9. The predicted molar refractivity (Wildman–Crippen MR) is 53.7 cm³/mol. The van der Waals surface area contributed by atoms with Crippen LogP contribution in [0.4, 0.5) is 4.39 Å². The van der Waals surface area contributed by atoms with E-state index in [9.17, 15) is 9.18 Å². The molecule has 0 radical (unpaired) electrons. The first-order valence-corrected chi connectivity index (χ1v) is 4.45. The molecule has 0 amide bonds. The molecule has 0 spiro atoms. The summed E-state index contributed by atoms with van der Waals surface area (Å²) in [6, 6.07) is 5.13. The van der Waals surface area contributed by atoms with Gasteiger partial charge in [0.25, 0.3) is 0 Å². The van der Waals surface area contributed by atoms with Gasteiger partial charge in [-0.25, -0.2) is 14.2 Å². The van der Waals surface area contributed by atoms with Gasteiger partial charge in [-0.05, 0) is 18.2 Å². The fourth-order valence-electron chi connectivity index (χ4n) is 1.28. The number of rotatable bonds is 1. The number of carboxylic acids is 1. The summed E-state index contributed by atoms with van der Waals surface area (Å²) in [6.45, 7) is 0. The van der Waals surface area contributed by atoms with Crippen LogP contribution in [-0.4, -0.2) is 16.1 Å². The number of nitrogens with zero attached hydrogens (tertiary/aromatic N) is 1. The molecule has 1 aromatic carbocycles. The molecule has 0 aliphatic rings. The van der Waals surface area contributed by atoms with E-state index in [1.54, 1.807) is 0 Å². The number of hydrogen-bond donors (Lipinski definition) is 1. The molecule has 3 nitrogen and oxygen atoms in total. The largest absolute Gasteiger partial charge is 0.477 e. The first kappa shape index (κ1) is 9.86. The monoisotopic (exact) mass is 225 g/mol. The van der Waals surface area contributed by atoms with Gasteiger partial charge in [0.05, 0.1) is 10.5 Å². The molecular weight excluding hydrogens is 221 g/mol. The molecule has 0 fully saturated rings. The van der Waals surface area contributed by atoms with Gasteiger partial charge in [-0.1, -0.05) is 17.7 Å². The van der Waals surface area contributed by atoms with Gasteiger partial charge < -0.3 is 5.11 Å². The second-order valence-corrected chi connectivity index (χ2v) is 3.37. The summed E-state index contributed by atoms with van der Waals surface area (Å²) in [4.78, 5) is 14.5. The third-order valence-electron chi connectivity index (χ3n) is 1.93. The fraction of sp³-hybridized carbons (Fsp3) is 0. The molecule has 0 atom stereocenters. The highest BCUT2D eigenvalue weighted by atomic mass is 35.5. The molecule has 0 aliphatic carbocycles. The Kier molecular flexibility index (Phi) is 2.28. The summed E-state index contributed by atoms with van der Waals surface area (Å²) >= 11 is 5.74. The van der Waals surface area contributed by atoms with Crippen molar-refractivity contribution in [3.63, 3.8) is 0 Å². The maximum atomic E-state index is 12.9. The number of halogens is 2. The van der Waals surface area contributed by atoms with Crippen molar-refractivity contribution < 1.29 is 14.3 Å². The topological polar surface area (TPSA) is 50.2 Å². The average Bonchev–Trinajstić information content (AvgIpc) is 2.16. The SMILES string of the molecule is O=C(O)c1ccc2cc(F)cc(Cl)c2n1. The predicted octanol–water partition coefficient (Wildman–Crippen LogP) is 2.73. The Morgan fingerprint density at radius 2 is 2.13 bits per heavy atom. The lowest BCUT2D eigenvalue weighted by Crippen LogP contribution is -2.00. The number of benzene rings is 1. The van der Waals surface area contributed by atoms with Crippen LogP contribution in [0, 0.1) is 5.82 Å². The van der Waals surface area contributed by atoms with Crippen LogP contribution in [-0.2, 0) is 0 Å². The van der Waals surface area contributed by atoms with E-state index in [4.69, 9.17) is 16.7 Å². The first-order valence-electron chi connectivity index (χ1n) is 4.07.